The summed E-state index contributed by atoms with van der Waals surface area (Å²) in [6.07, 6.45) is 0.417. The van der Waals surface area contributed by atoms with E-state index in [0.29, 0.717) is 17.3 Å². The molecule has 2 aromatic carbocycles. The number of nitrogens with one attached hydrogen (secondary N) is 2. The van der Waals surface area contributed by atoms with E-state index in [4.69, 9.17) is 16.3 Å². The third kappa shape index (κ3) is 8.23. The SMILES string of the molecule is Cc1ccc(NC2CCC(OCC(=O)NCCCc3ccc(Cl)cc3)CC2)cc1C(F)(F)F. The van der Waals surface area contributed by atoms with E-state index in [-0.39, 0.29) is 30.2 Å². The van der Waals surface area contributed by atoms with Gasteiger partial charge in [-0.3, -0.25) is 4.79 Å². The molecule has 1 aliphatic rings. The standard InChI is InChI=1S/C25H30ClF3N2O2/c1-17-4-9-21(15-23(17)25(27,28)29)31-20-10-12-22(13-11-20)33-16-24(32)30-14-2-3-18-5-7-19(26)8-6-18/h4-9,15,20,22,31H,2-3,10-14,16H2,1H3,(H,30,32). The molecule has 0 aliphatic heterocycles. The van der Waals surface area contributed by atoms with E-state index in [0.717, 1.165) is 38.5 Å². The molecule has 1 saturated carbocycles. The van der Waals surface area contributed by atoms with Crippen molar-refractivity contribution in [1.29, 1.82) is 0 Å². The van der Waals surface area contributed by atoms with Crippen molar-refractivity contribution in [3.05, 3.63) is 64.2 Å². The van der Waals surface area contributed by atoms with Crippen LogP contribution in [0.2, 0.25) is 5.02 Å². The fraction of sp³-hybridized carbons (Fsp3) is 0.480. The summed E-state index contributed by atoms with van der Waals surface area (Å²) < 4.78 is 45.1. The van der Waals surface area contributed by atoms with Gasteiger partial charge in [-0.1, -0.05) is 29.8 Å². The van der Waals surface area contributed by atoms with Crippen molar-refractivity contribution in [1.82, 2.24) is 5.32 Å². The lowest BCUT2D eigenvalue weighted by molar-refractivity contribution is -0.138. The second-order valence-corrected chi connectivity index (χ2v) is 8.97. The van der Waals surface area contributed by atoms with Crippen LogP contribution in [0.3, 0.4) is 0 Å². The highest BCUT2D eigenvalue weighted by Gasteiger charge is 2.32. The molecule has 180 valence electrons. The number of rotatable bonds is 9. The molecule has 1 aliphatic carbocycles. The molecule has 0 radical (unpaired) electrons. The van der Waals surface area contributed by atoms with E-state index in [1.807, 2.05) is 24.3 Å². The van der Waals surface area contributed by atoms with E-state index in [1.54, 1.807) is 6.07 Å². The Kier molecular flexibility index (Phi) is 9.03. The number of hydrogen-bond donors (Lipinski definition) is 2. The first-order valence-corrected chi connectivity index (χ1v) is 11.7. The number of alkyl halides is 3. The fourth-order valence-electron chi connectivity index (χ4n) is 4.04. The molecule has 1 fully saturated rings. The Labute approximate surface area is 197 Å². The first kappa shape index (κ1) is 25.4. The summed E-state index contributed by atoms with van der Waals surface area (Å²) in [7, 11) is 0. The molecule has 2 aromatic rings. The first-order valence-electron chi connectivity index (χ1n) is 11.3. The number of carbonyl (C=O) groups is 1. The van der Waals surface area contributed by atoms with Crippen molar-refractivity contribution < 1.29 is 22.7 Å². The highest BCUT2D eigenvalue weighted by molar-refractivity contribution is 6.30. The smallest absolute Gasteiger partial charge is 0.382 e. The van der Waals surface area contributed by atoms with Crippen LogP contribution in [0.15, 0.2) is 42.5 Å². The van der Waals surface area contributed by atoms with Crippen LogP contribution >= 0.6 is 11.6 Å². The van der Waals surface area contributed by atoms with Gasteiger partial charge in [0, 0.05) is 23.3 Å². The van der Waals surface area contributed by atoms with Crippen molar-refractivity contribution in [3.63, 3.8) is 0 Å². The summed E-state index contributed by atoms with van der Waals surface area (Å²) in [5.41, 5.74) is 1.27. The lowest BCUT2D eigenvalue weighted by Crippen LogP contribution is -2.34. The lowest BCUT2D eigenvalue weighted by atomic mass is 9.92. The van der Waals surface area contributed by atoms with Gasteiger partial charge in [0.2, 0.25) is 5.91 Å². The van der Waals surface area contributed by atoms with Crippen molar-refractivity contribution in [3.8, 4) is 0 Å². The zero-order chi connectivity index (χ0) is 23.8. The molecular weight excluding hydrogens is 453 g/mol. The average Bonchev–Trinajstić information content (AvgIpc) is 2.78. The maximum absolute atomic E-state index is 13.1. The minimum atomic E-state index is -4.36. The number of anilines is 1. The quantitative estimate of drug-likeness (QED) is 0.421. The lowest BCUT2D eigenvalue weighted by Gasteiger charge is -2.30. The number of benzene rings is 2. The Morgan fingerprint density at radius 3 is 2.45 bits per heavy atom. The predicted molar refractivity (Wildman–Crippen MR) is 125 cm³/mol. The van der Waals surface area contributed by atoms with Crippen LogP contribution < -0.4 is 10.6 Å². The third-order valence-corrected chi connectivity index (χ3v) is 6.17. The van der Waals surface area contributed by atoms with Crippen LogP contribution in [0.25, 0.3) is 0 Å². The van der Waals surface area contributed by atoms with Gasteiger partial charge in [-0.25, -0.2) is 0 Å². The summed E-state index contributed by atoms with van der Waals surface area (Å²) in [6.45, 7) is 2.07. The third-order valence-electron chi connectivity index (χ3n) is 5.92. The average molecular weight is 483 g/mol. The summed E-state index contributed by atoms with van der Waals surface area (Å²) in [6, 6.07) is 12.1. The van der Waals surface area contributed by atoms with Gasteiger partial charge in [0.05, 0.1) is 11.7 Å². The number of aryl methyl sites for hydroxylation is 2. The second kappa shape index (κ2) is 11.7. The normalized spacial score (nSPS) is 18.7. The minimum absolute atomic E-state index is 0.00776. The van der Waals surface area contributed by atoms with Crippen LogP contribution in [0.1, 0.15) is 48.8 Å². The number of halogens is 4. The van der Waals surface area contributed by atoms with E-state index < -0.39 is 11.7 Å². The molecule has 4 nitrogen and oxygen atoms in total. The highest BCUT2D eigenvalue weighted by atomic mass is 35.5. The summed E-state index contributed by atoms with van der Waals surface area (Å²) in [5.74, 6) is -0.134. The molecule has 0 heterocycles. The molecular formula is C25H30ClF3N2O2. The van der Waals surface area contributed by atoms with Crippen LogP contribution in [-0.2, 0) is 22.1 Å². The molecule has 2 N–H and O–H groups in total. The van der Waals surface area contributed by atoms with Crippen molar-refractivity contribution >= 4 is 23.2 Å². The van der Waals surface area contributed by atoms with Crippen molar-refractivity contribution in [2.75, 3.05) is 18.5 Å². The summed E-state index contributed by atoms with van der Waals surface area (Å²) >= 11 is 5.87. The minimum Gasteiger partial charge on any atom is -0.382 e. The molecule has 0 aromatic heterocycles. The Morgan fingerprint density at radius 2 is 1.79 bits per heavy atom. The van der Waals surface area contributed by atoms with Crippen LogP contribution in [0.5, 0.6) is 0 Å². The second-order valence-electron chi connectivity index (χ2n) is 8.54. The zero-order valence-corrected chi connectivity index (χ0v) is 19.4. The summed E-state index contributed by atoms with van der Waals surface area (Å²) in [4.78, 5) is 12.0. The topological polar surface area (TPSA) is 50.4 Å². The van der Waals surface area contributed by atoms with E-state index >= 15 is 0 Å². The fourth-order valence-corrected chi connectivity index (χ4v) is 4.17. The maximum atomic E-state index is 13.1. The van der Waals surface area contributed by atoms with Gasteiger partial charge in [-0.05, 0) is 80.8 Å². The van der Waals surface area contributed by atoms with Gasteiger partial charge >= 0.3 is 6.18 Å². The van der Waals surface area contributed by atoms with Gasteiger partial charge in [0.15, 0.2) is 0 Å². The maximum Gasteiger partial charge on any atom is 0.416 e. The number of ether oxygens (including phenoxy) is 1. The predicted octanol–water partition coefficient (Wildman–Crippen LogP) is 6.16. The van der Waals surface area contributed by atoms with E-state index in [2.05, 4.69) is 10.6 Å². The monoisotopic (exact) mass is 482 g/mol. The van der Waals surface area contributed by atoms with E-state index in [9.17, 15) is 18.0 Å². The van der Waals surface area contributed by atoms with Crippen molar-refractivity contribution in [2.24, 2.45) is 0 Å². The first-order chi connectivity index (χ1) is 15.7. The molecule has 0 bridgehead atoms. The van der Waals surface area contributed by atoms with Gasteiger partial charge in [0.25, 0.3) is 0 Å². The van der Waals surface area contributed by atoms with Crippen LogP contribution in [0, 0.1) is 6.92 Å². The van der Waals surface area contributed by atoms with Crippen LogP contribution in [-0.4, -0.2) is 31.2 Å². The molecule has 0 unspecified atom stereocenters. The Morgan fingerprint density at radius 1 is 1.09 bits per heavy atom. The zero-order valence-electron chi connectivity index (χ0n) is 18.7. The molecule has 3 rings (SSSR count). The Balaban J connectivity index is 1.32. The molecule has 0 atom stereocenters. The van der Waals surface area contributed by atoms with Gasteiger partial charge in [-0.2, -0.15) is 13.2 Å². The molecule has 0 spiro atoms. The van der Waals surface area contributed by atoms with Gasteiger partial charge in [0.1, 0.15) is 6.61 Å². The Hall–Kier alpha value is -2.25. The van der Waals surface area contributed by atoms with Gasteiger partial charge in [-0.15, -0.1) is 0 Å². The number of carbonyl (C=O) groups excluding carboxylic acids is 1. The Bertz CT molecular complexity index is 911. The molecule has 0 saturated heterocycles. The van der Waals surface area contributed by atoms with Gasteiger partial charge < -0.3 is 15.4 Å². The van der Waals surface area contributed by atoms with Crippen molar-refractivity contribution in [2.45, 2.75) is 63.8 Å². The number of hydrogen-bond acceptors (Lipinski definition) is 3. The molecule has 33 heavy (non-hydrogen) atoms. The molecule has 1 amide bonds. The van der Waals surface area contributed by atoms with E-state index in [1.165, 1.54) is 24.6 Å². The number of amides is 1. The largest absolute Gasteiger partial charge is 0.416 e. The highest BCUT2D eigenvalue weighted by Crippen LogP contribution is 2.34. The van der Waals surface area contributed by atoms with Crippen LogP contribution in [0.4, 0.5) is 18.9 Å². The molecule has 8 heteroatoms. The summed E-state index contributed by atoms with van der Waals surface area (Å²) in [5, 5.41) is 6.80.